The summed E-state index contributed by atoms with van der Waals surface area (Å²) in [6.07, 6.45) is 6.68. The number of carbonyl (C=O) groups excluding carboxylic acids is 1. The molecule has 2 aliphatic heterocycles. The number of carbonyl (C=O) groups is 1. The van der Waals surface area contributed by atoms with Crippen molar-refractivity contribution >= 4 is 23.1 Å². The first-order chi connectivity index (χ1) is 16.3. The Labute approximate surface area is 196 Å². The van der Waals surface area contributed by atoms with E-state index in [0.29, 0.717) is 29.3 Å². The standard InChI is InChI=1S/C24H27N7O3/c1-24(2,33)13-30-9-5-6-14-15(11-26-21(14)30)18-10-20(25-3)31-22(28-18)16(12-27-31)23(32)29-17-7-8-19(17)34-4/h5-6,9-12,19,25,33H,7-8,13H2,1-4H3/t19-/m0/s1. The quantitative estimate of drug-likeness (QED) is 0.453. The van der Waals surface area contributed by atoms with Crippen LogP contribution in [0.15, 0.2) is 41.8 Å². The maximum absolute atomic E-state index is 13.0. The van der Waals surface area contributed by atoms with E-state index in [1.165, 1.54) is 6.20 Å². The fourth-order valence-corrected chi connectivity index (χ4v) is 4.23. The minimum atomic E-state index is -0.884. The topological polar surface area (TPSA) is 119 Å². The molecule has 5 rings (SSSR count). The second-order valence-corrected chi connectivity index (χ2v) is 9.10. The summed E-state index contributed by atoms with van der Waals surface area (Å²) in [6.45, 7) is 3.92. The lowest BCUT2D eigenvalue weighted by atomic mass is 9.93. The number of aromatic nitrogens is 5. The summed E-state index contributed by atoms with van der Waals surface area (Å²) in [5, 5.41) is 17.8. The second kappa shape index (κ2) is 8.30. The van der Waals surface area contributed by atoms with Crippen molar-refractivity contribution in [3.05, 3.63) is 42.4 Å². The first kappa shape index (κ1) is 22.2. The summed E-state index contributed by atoms with van der Waals surface area (Å²) in [5.41, 5.74) is 2.98. The number of amides is 1. The number of ether oxygens (including phenoxy) is 1. The summed E-state index contributed by atoms with van der Waals surface area (Å²) >= 11 is 0. The van der Waals surface area contributed by atoms with E-state index in [-0.39, 0.29) is 12.0 Å². The van der Waals surface area contributed by atoms with Crippen molar-refractivity contribution in [2.75, 3.05) is 19.5 Å². The van der Waals surface area contributed by atoms with Gasteiger partial charge in [0.05, 0.1) is 35.9 Å². The Morgan fingerprint density at radius 1 is 1.35 bits per heavy atom. The van der Waals surface area contributed by atoms with E-state index < -0.39 is 5.60 Å². The van der Waals surface area contributed by atoms with E-state index in [1.807, 2.05) is 29.0 Å². The highest BCUT2D eigenvalue weighted by Crippen LogP contribution is 2.34. The molecule has 10 nitrogen and oxygen atoms in total. The predicted octanol–water partition coefficient (Wildman–Crippen LogP) is 2.90. The summed E-state index contributed by atoms with van der Waals surface area (Å²) in [6, 6.07) is 5.77. The minimum Gasteiger partial charge on any atom is -0.389 e. The van der Waals surface area contributed by atoms with Crippen molar-refractivity contribution in [1.82, 2.24) is 24.1 Å². The van der Waals surface area contributed by atoms with E-state index in [4.69, 9.17) is 9.72 Å². The molecule has 4 heterocycles. The number of nitrogens with zero attached hydrogens (tertiary/aromatic N) is 6. The maximum Gasteiger partial charge on any atom is 0.282 e. The highest BCUT2D eigenvalue weighted by atomic mass is 16.5. The maximum atomic E-state index is 13.0. The molecule has 0 saturated heterocycles. The van der Waals surface area contributed by atoms with Crippen molar-refractivity contribution in [2.24, 2.45) is 4.99 Å². The van der Waals surface area contributed by atoms with E-state index in [9.17, 15) is 9.90 Å². The number of anilines is 1. The van der Waals surface area contributed by atoms with E-state index in [2.05, 4.69) is 20.4 Å². The lowest BCUT2D eigenvalue weighted by Gasteiger charge is -2.26. The van der Waals surface area contributed by atoms with Crippen molar-refractivity contribution in [1.29, 1.82) is 0 Å². The Kier molecular flexibility index (Phi) is 5.41. The Balaban J connectivity index is 1.58. The van der Waals surface area contributed by atoms with E-state index in [0.717, 1.165) is 35.5 Å². The number of aliphatic hydroxyl groups is 1. The van der Waals surface area contributed by atoms with Crippen molar-refractivity contribution in [2.45, 2.75) is 44.9 Å². The molecule has 1 atom stereocenters. The van der Waals surface area contributed by atoms with Gasteiger partial charge in [-0.05, 0) is 38.8 Å². The number of fused-ring (bicyclic) bond motifs is 2. The van der Waals surface area contributed by atoms with Crippen LogP contribution in [-0.4, -0.2) is 66.7 Å². The molecule has 1 amide bonds. The van der Waals surface area contributed by atoms with Gasteiger partial charge in [-0.2, -0.15) is 9.61 Å². The molecule has 1 aliphatic carbocycles. The number of pyridine rings is 1. The molecular formula is C24H27N7O3. The molecule has 0 radical (unpaired) electrons. The van der Waals surface area contributed by atoms with Crippen molar-refractivity contribution in [3.8, 4) is 22.6 Å². The summed E-state index contributed by atoms with van der Waals surface area (Å²) < 4.78 is 8.85. The molecule has 176 valence electrons. The van der Waals surface area contributed by atoms with Gasteiger partial charge in [0, 0.05) is 43.7 Å². The number of nitrogens with one attached hydrogen (secondary N) is 1. The molecule has 1 fully saturated rings. The molecule has 0 bridgehead atoms. The number of hydrogen-bond acceptors (Lipinski definition) is 7. The van der Waals surface area contributed by atoms with Gasteiger partial charge in [0.2, 0.25) is 0 Å². The Morgan fingerprint density at radius 2 is 2.18 bits per heavy atom. The van der Waals surface area contributed by atoms with Gasteiger partial charge in [-0.25, -0.2) is 15.0 Å². The van der Waals surface area contributed by atoms with E-state index in [1.54, 1.807) is 38.7 Å². The fraction of sp³-hybridized carbons (Fsp3) is 0.375. The van der Waals surface area contributed by atoms with Crippen LogP contribution in [0, 0.1) is 0 Å². The third kappa shape index (κ3) is 3.84. The summed E-state index contributed by atoms with van der Waals surface area (Å²) in [7, 11) is 3.41. The molecular weight excluding hydrogens is 434 g/mol. The average Bonchev–Trinajstić information content (AvgIpc) is 3.40. The zero-order valence-corrected chi connectivity index (χ0v) is 19.6. The van der Waals surface area contributed by atoms with Crippen LogP contribution in [0.3, 0.4) is 0 Å². The highest BCUT2D eigenvalue weighted by Gasteiger charge is 2.28. The van der Waals surface area contributed by atoms with Gasteiger partial charge in [-0.1, -0.05) is 0 Å². The van der Waals surface area contributed by atoms with Crippen LogP contribution in [0.4, 0.5) is 5.82 Å². The molecule has 2 aromatic heterocycles. The second-order valence-electron chi connectivity index (χ2n) is 9.10. The van der Waals surface area contributed by atoms with Crippen molar-refractivity contribution < 1.29 is 14.6 Å². The Bertz CT molecular complexity index is 1380. The monoisotopic (exact) mass is 461 g/mol. The lowest BCUT2D eigenvalue weighted by molar-refractivity contribution is 0.0616. The lowest BCUT2D eigenvalue weighted by Crippen LogP contribution is -2.34. The third-order valence-corrected chi connectivity index (χ3v) is 6.00. The third-order valence-electron chi connectivity index (χ3n) is 6.00. The first-order valence-corrected chi connectivity index (χ1v) is 11.2. The van der Waals surface area contributed by atoms with E-state index >= 15 is 0 Å². The SMILES string of the molecule is CNc1cc(-c2cnc3n(CC(C)(C)O)cccc2-3)nc2c(C(=O)N=C3CC[C@@H]3OC)cnn12. The molecule has 3 aliphatic rings. The Hall–Kier alpha value is -3.63. The fourth-order valence-electron chi connectivity index (χ4n) is 4.23. The molecule has 1 saturated carbocycles. The summed E-state index contributed by atoms with van der Waals surface area (Å²) in [4.78, 5) is 26.6. The van der Waals surface area contributed by atoms with Gasteiger partial charge >= 0.3 is 0 Å². The minimum absolute atomic E-state index is 0.0977. The van der Waals surface area contributed by atoms with Crippen LogP contribution < -0.4 is 5.32 Å². The molecule has 2 aromatic rings. The summed E-state index contributed by atoms with van der Waals surface area (Å²) in [5.74, 6) is 1.05. The van der Waals surface area contributed by atoms with Crippen LogP contribution in [0.25, 0.3) is 28.3 Å². The van der Waals surface area contributed by atoms with Gasteiger partial charge in [-0.3, -0.25) is 4.79 Å². The number of rotatable bonds is 6. The number of hydrogen-bond donors (Lipinski definition) is 2. The number of methoxy groups -OCH3 is 1. The zero-order chi connectivity index (χ0) is 24.0. The van der Waals surface area contributed by atoms with Gasteiger partial charge in [0.1, 0.15) is 17.2 Å². The van der Waals surface area contributed by atoms with Crippen LogP contribution >= 0.6 is 0 Å². The van der Waals surface area contributed by atoms with Gasteiger partial charge in [0.25, 0.3) is 5.91 Å². The predicted molar refractivity (Wildman–Crippen MR) is 128 cm³/mol. The zero-order valence-electron chi connectivity index (χ0n) is 19.6. The molecule has 0 spiro atoms. The van der Waals surface area contributed by atoms with Crippen LogP contribution in [-0.2, 0) is 11.3 Å². The highest BCUT2D eigenvalue weighted by molar-refractivity contribution is 6.09. The Morgan fingerprint density at radius 3 is 2.85 bits per heavy atom. The van der Waals surface area contributed by atoms with Gasteiger partial charge in [0.15, 0.2) is 5.65 Å². The molecule has 0 unspecified atom stereocenters. The molecule has 34 heavy (non-hydrogen) atoms. The molecule has 10 heteroatoms. The largest absolute Gasteiger partial charge is 0.389 e. The first-order valence-electron chi connectivity index (χ1n) is 11.2. The van der Waals surface area contributed by atoms with Crippen LogP contribution in [0.2, 0.25) is 0 Å². The normalized spacial score (nSPS) is 17.4. The number of aliphatic imine (C=N–C) groups is 1. The smallest absolute Gasteiger partial charge is 0.282 e. The van der Waals surface area contributed by atoms with Gasteiger partial charge in [-0.15, -0.1) is 0 Å². The molecule has 0 aromatic carbocycles. The molecule has 2 N–H and O–H groups in total. The van der Waals surface area contributed by atoms with Crippen LogP contribution in [0.5, 0.6) is 0 Å². The van der Waals surface area contributed by atoms with Crippen molar-refractivity contribution in [3.63, 3.8) is 0 Å². The van der Waals surface area contributed by atoms with Crippen LogP contribution in [0.1, 0.15) is 37.0 Å². The average molecular weight is 462 g/mol. The van der Waals surface area contributed by atoms with Gasteiger partial charge < -0.3 is 19.7 Å².